The predicted molar refractivity (Wildman–Crippen MR) is 53.6 cm³/mol. The molecule has 0 saturated carbocycles. The molecule has 0 aliphatic heterocycles. The zero-order valence-electron chi connectivity index (χ0n) is 8.64. The molecule has 0 aromatic carbocycles. The summed E-state index contributed by atoms with van der Waals surface area (Å²) in [5.74, 6) is 0. The van der Waals surface area contributed by atoms with Gasteiger partial charge in [-0.1, -0.05) is 13.3 Å². The van der Waals surface area contributed by atoms with E-state index in [1.807, 2.05) is 13.8 Å². The van der Waals surface area contributed by atoms with Crippen LogP contribution < -0.4 is 0 Å². The van der Waals surface area contributed by atoms with Crippen LogP contribution in [-0.4, -0.2) is 27.3 Å². The minimum Gasteiger partial charge on any atom is -0.412 e. The lowest BCUT2D eigenvalue weighted by Crippen LogP contribution is -2.38. The van der Waals surface area contributed by atoms with Gasteiger partial charge in [-0.2, -0.15) is 0 Å². The third-order valence-electron chi connectivity index (χ3n) is 1.60. The van der Waals surface area contributed by atoms with Crippen LogP contribution in [0.4, 0.5) is 0 Å². The molecule has 0 atom stereocenters. The van der Waals surface area contributed by atoms with Crippen LogP contribution in [-0.2, 0) is 8.85 Å². The van der Waals surface area contributed by atoms with Crippen LogP contribution in [0.1, 0.15) is 27.2 Å². The van der Waals surface area contributed by atoms with Gasteiger partial charge in [-0.05, 0) is 26.4 Å². The first-order valence-electron chi connectivity index (χ1n) is 4.46. The Labute approximate surface area is 76.6 Å². The van der Waals surface area contributed by atoms with E-state index in [0.717, 1.165) is 25.7 Å². The highest BCUT2D eigenvalue weighted by molar-refractivity contribution is 6.66. The maximum atomic E-state index is 5.63. The Hall–Kier alpha value is 0.0969. The van der Waals surface area contributed by atoms with Crippen molar-refractivity contribution in [3.8, 4) is 0 Å². The first kappa shape index (κ1) is 14.6. The van der Waals surface area contributed by atoms with Gasteiger partial charge in [0.2, 0.25) is 0 Å². The molecule has 0 spiro atoms. The first-order chi connectivity index (χ1) is 5.18. The lowest BCUT2D eigenvalue weighted by molar-refractivity contribution is 0.189. The van der Waals surface area contributed by atoms with E-state index in [9.17, 15) is 0 Å². The fourth-order valence-electron chi connectivity index (χ4n) is 1.25. The molecular weight excluding hydrogens is 172 g/mol. The third-order valence-corrected chi connectivity index (χ3v) is 4.81. The first-order valence-corrected chi connectivity index (χ1v) is 6.98. The second-order valence-electron chi connectivity index (χ2n) is 2.75. The summed E-state index contributed by atoms with van der Waals surface area (Å²) in [5.41, 5.74) is 0. The molecule has 76 valence electrons. The molecule has 0 aliphatic carbocycles. The van der Waals surface area contributed by atoms with Crippen LogP contribution >= 0.6 is 0 Å². The van der Waals surface area contributed by atoms with Crippen LogP contribution in [0, 0.1) is 0 Å². The zero-order valence-corrected chi connectivity index (χ0v) is 9.64. The molecule has 12 heavy (non-hydrogen) atoms. The summed E-state index contributed by atoms with van der Waals surface area (Å²) in [4.78, 5) is 0. The van der Waals surface area contributed by atoms with E-state index >= 15 is 0 Å². The molecule has 0 heterocycles. The van der Waals surface area contributed by atoms with Crippen molar-refractivity contribution in [3.05, 3.63) is 0 Å². The highest BCUT2D eigenvalue weighted by Gasteiger charge is 2.28. The second-order valence-corrected chi connectivity index (χ2v) is 6.09. The summed E-state index contributed by atoms with van der Waals surface area (Å²) >= 11 is 0. The van der Waals surface area contributed by atoms with Gasteiger partial charge in [0.1, 0.15) is 0 Å². The van der Waals surface area contributed by atoms with E-state index in [4.69, 9.17) is 8.85 Å². The molecule has 0 rings (SSSR count). The van der Waals surface area contributed by atoms with Gasteiger partial charge < -0.3 is 14.3 Å². The average molecular weight is 194 g/mol. The van der Waals surface area contributed by atoms with Crippen LogP contribution in [0.3, 0.4) is 0 Å². The number of hydrogen-bond donors (Lipinski definition) is 0. The van der Waals surface area contributed by atoms with Gasteiger partial charge >= 0.3 is 8.56 Å². The summed E-state index contributed by atoms with van der Waals surface area (Å²) in [6.45, 7) is 9.93. The van der Waals surface area contributed by atoms with Crippen molar-refractivity contribution in [2.45, 2.75) is 39.8 Å². The van der Waals surface area contributed by atoms with E-state index in [-0.39, 0.29) is 5.48 Å². The maximum Gasteiger partial charge on any atom is 0.334 e. The molecule has 0 aliphatic rings. The van der Waals surface area contributed by atoms with Gasteiger partial charge in [-0.15, -0.1) is 0 Å². The third kappa shape index (κ3) is 5.71. The second kappa shape index (κ2) is 7.73. The monoisotopic (exact) mass is 194 g/mol. The smallest absolute Gasteiger partial charge is 0.334 e. The van der Waals surface area contributed by atoms with Crippen molar-refractivity contribution in [1.82, 2.24) is 0 Å². The van der Waals surface area contributed by atoms with Gasteiger partial charge in [-0.3, -0.25) is 0 Å². The molecule has 0 radical (unpaired) electrons. The Bertz CT molecular complexity index is 81.3. The summed E-state index contributed by atoms with van der Waals surface area (Å²) in [7, 11) is -1.75. The summed E-state index contributed by atoms with van der Waals surface area (Å²) < 4.78 is 11.3. The standard InChI is InChI=1S/C8H20O2Si.H2O/c1-5-8-11(4,9-6-2)10-7-3;/h5-8H2,1-4H3;1H2. The zero-order chi connectivity index (χ0) is 8.74. The van der Waals surface area contributed by atoms with Crippen LogP contribution in [0.2, 0.25) is 12.6 Å². The maximum absolute atomic E-state index is 5.63. The Morgan fingerprint density at radius 2 is 1.42 bits per heavy atom. The fraction of sp³-hybridized carbons (Fsp3) is 1.00. The highest BCUT2D eigenvalue weighted by Crippen LogP contribution is 2.14. The molecule has 0 aromatic rings. The van der Waals surface area contributed by atoms with Gasteiger partial charge in [0, 0.05) is 13.2 Å². The lowest BCUT2D eigenvalue weighted by atomic mass is 10.6. The highest BCUT2D eigenvalue weighted by atomic mass is 28.4. The van der Waals surface area contributed by atoms with Crippen molar-refractivity contribution in [1.29, 1.82) is 0 Å². The number of hydrogen-bond acceptors (Lipinski definition) is 2. The van der Waals surface area contributed by atoms with E-state index < -0.39 is 8.56 Å². The van der Waals surface area contributed by atoms with Gasteiger partial charge in [0.05, 0.1) is 0 Å². The summed E-state index contributed by atoms with van der Waals surface area (Å²) in [6.07, 6.45) is 1.16. The summed E-state index contributed by atoms with van der Waals surface area (Å²) in [5, 5.41) is 0. The minimum atomic E-state index is -1.75. The Morgan fingerprint density at radius 3 is 1.67 bits per heavy atom. The van der Waals surface area contributed by atoms with Gasteiger partial charge in [-0.25, -0.2) is 0 Å². The van der Waals surface area contributed by atoms with E-state index in [1.54, 1.807) is 0 Å². The summed E-state index contributed by atoms with van der Waals surface area (Å²) in [6, 6.07) is 1.11. The molecule has 3 nitrogen and oxygen atoms in total. The topological polar surface area (TPSA) is 50.0 Å². The Kier molecular flexibility index (Phi) is 9.41. The molecule has 0 unspecified atom stereocenters. The largest absolute Gasteiger partial charge is 0.412 e. The predicted octanol–water partition coefficient (Wildman–Crippen LogP) is 1.72. The Morgan fingerprint density at radius 1 is 1.00 bits per heavy atom. The van der Waals surface area contributed by atoms with Crippen molar-refractivity contribution in [3.63, 3.8) is 0 Å². The van der Waals surface area contributed by atoms with Crippen molar-refractivity contribution < 1.29 is 14.3 Å². The molecular formula is C8H22O3Si. The van der Waals surface area contributed by atoms with Crippen molar-refractivity contribution in [2.75, 3.05) is 13.2 Å². The molecule has 0 amide bonds. The van der Waals surface area contributed by atoms with Crippen LogP contribution in [0.15, 0.2) is 0 Å². The molecule has 0 bridgehead atoms. The van der Waals surface area contributed by atoms with Crippen LogP contribution in [0.25, 0.3) is 0 Å². The molecule has 4 heteroatoms. The minimum absolute atomic E-state index is 0. The molecule has 0 fully saturated rings. The lowest BCUT2D eigenvalue weighted by Gasteiger charge is -2.25. The van der Waals surface area contributed by atoms with E-state index in [0.29, 0.717) is 0 Å². The van der Waals surface area contributed by atoms with Crippen molar-refractivity contribution in [2.24, 2.45) is 0 Å². The SMILES string of the molecule is CCC[Si](C)(OCC)OCC.O. The van der Waals surface area contributed by atoms with Gasteiger partial charge in [0.25, 0.3) is 0 Å². The average Bonchev–Trinajstić information content (AvgIpc) is 1.88. The van der Waals surface area contributed by atoms with Gasteiger partial charge in [0.15, 0.2) is 0 Å². The molecule has 0 saturated heterocycles. The van der Waals surface area contributed by atoms with Crippen LogP contribution in [0.5, 0.6) is 0 Å². The van der Waals surface area contributed by atoms with E-state index in [2.05, 4.69) is 13.5 Å². The van der Waals surface area contributed by atoms with Crippen molar-refractivity contribution >= 4 is 8.56 Å². The van der Waals surface area contributed by atoms with E-state index in [1.165, 1.54) is 0 Å². The quantitative estimate of drug-likeness (QED) is 0.604. The Balaban J connectivity index is 0. The molecule has 2 N–H and O–H groups in total. The fourth-order valence-corrected chi connectivity index (χ4v) is 3.75. The number of rotatable bonds is 6. The molecule has 0 aromatic heterocycles. The normalized spacial score (nSPS) is 11.0.